The highest BCUT2D eigenvalue weighted by molar-refractivity contribution is 6.09. The summed E-state index contributed by atoms with van der Waals surface area (Å²) in [5.74, 6) is 2.40. The van der Waals surface area contributed by atoms with Crippen LogP contribution >= 0.6 is 0 Å². The summed E-state index contributed by atoms with van der Waals surface area (Å²) in [6, 6.07) is 88.5. The van der Waals surface area contributed by atoms with Crippen molar-refractivity contribution in [3.63, 3.8) is 0 Å². The standard InChI is InChI=1S/C83H78N4O/c1-79(2,3)56-34-36-57(37-35-56)83(71-42-38-58(80(4,5)6)46-69(71)70-47-59(81(7,8)9)39-43-72(70)83)61-48-67(54-24-15-13-16-25-54)78(68(49-61)55-26-17-14-18-27-55)86-53-85(74-32-21-22-33-75(74)86)62-28-23-29-63(51-62)88-64-40-41-66-65-30-19-20-31-73(65)87(76(66)52-64)77-50-60(44-45-84-77)82(10,11)12/h13-52H,53H2,1-12H3. The van der Waals surface area contributed by atoms with Crippen molar-refractivity contribution in [2.75, 3.05) is 16.5 Å². The summed E-state index contributed by atoms with van der Waals surface area (Å²) in [5, 5.41) is 2.33. The summed E-state index contributed by atoms with van der Waals surface area (Å²) < 4.78 is 9.24. The minimum atomic E-state index is -0.690. The number of hydrogen-bond donors (Lipinski definition) is 0. The molecule has 436 valence electrons. The summed E-state index contributed by atoms with van der Waals surface area (Å²) in [7, 11) is 0. The summed E-state index contributed by atoms with van der Waals surface area (Å²) in [4.78, 5) is 9.95. The van der Waals surface area contributed by atoms with E-state index < -0.39 is 5.41 Å². The number of nitrogens with zero attached hydrogens (tertiary/aromatic N) is 4. The van der Waals surface area contributed by atoms with Gasteiger partial charge in [-0.3, -0.25) is 4.57 Å². The molecule has 5 nitrogen and oxygen atoms in total. The van der Waals surface area contributed by atoms with E-state index in [9.17, 15) is 0 Å². The number of aromatic nitrogens is 2. The smallest absolute Gasteiger partial charge is 0.137 e. The number of pyridine rings is 1. The van der Waals surface area contributed by atoms with Crippen molar-refractivity contribution in [2.24, 2.45) is 0 Å². The van der Waals surface area contributed by atoms with Crippen molar-refractivity contribution in [1.29, 1.82) is 0 Å². The molecule has 0 radical (unpaired) electrons. The molecular formula is C83H78N4O. The lowest BCUT2D eigenvalue weighted by Gasteiger charge is -2.37. The van der Waals surface area contributed by atoms with Crippen LogP contribution in [-0.2, 0) is 27.1 Å². The Bertz CT molecular complexity index is 4530. The second-order valence-corrected chi connectivity index (χ2v) is 28.5. The third-order valence-electron chi connectivity index (χ3n) is 18.6. The topological polar surface area (TPSA) is 33.5 Å². The van der Waals surface area contributed by atoms with Crippen LogP contribution in [0.25, 0.3) is 61.0 Å². The predicted octanol–water partition coefficient (Wildman–Crippen LogP) is 22.1. The zero-order valence-electron chi connectivity index (χ0n) is 53.0. The maximum absolute atomic E-state index is 6.96. The Kier molecular flexibility index (Phi) is 13.4. The molecule has 0 fully saturated rings. The monoisotopic (exact) mass is 1150 g/mol. The first-order valence-electron chi connectivity index (χ1n) is 31.3. The van der Waals surface area contributed by atoms with Gasteiger partial charge in [-0.05, 0) is 155 Å². The van der Waals surface area contributed by atoms with Crippen molar-refractivity contribution in [1.82, 2.24) is 9.55 Å². The van der Waals surface area contributed by atoms with Gasteiger partial charge in [-0.2, -0.15) is 0 Å². The second-order valence-electron chi connectivity index (χ2n) is 28.5. The Morgan fingerprint density at radius 2 is 0.886 bits per heavy atom. The van der Waals surface area contributed by atoms with Gasteiger partial charge in [0.05, 0.1) is 33.5 Å². The molecular weight excluding hydrogens is 1070 g/mol. The van der Waals surface area contributed by atoms with Crippen LogP contribution in [0, 0.1) is 0 Å². The van der Waals surface area contributed by atoms with Crippen LogP contribution in [0.1, 0.15) is 128 Å². The molecule has 0 amide bonds. The Morgan fingerprint density at radius 1 is 0.375 bits per heavy atom. The molecule has 0 spiro atoms. The molecule has 0 atom stereocenters. The van der Waals surface area contributed by atoms with E-state index >= 15 is 0 Å². The van der Waals surface area contributed by atoms with Gasteiger partial charge in [-0.25, -0.2) is 4.98 Å². The fraction of sp³-hybridized carbons (Fsp3) is 0.217. The van der Waals surface area contributed by atoms with Crippen LogP contribution < -0.4 is 14.5 Å². The third-order valence-corrected chi connectivity index (χ3v) is 18.6. The van der Waals surface area contributed by atoms with Crippen molar-refractivity contribution < 1.29 is 4.74 Å². The molecule has 2 aliphatic rings. The van der Waals surface area contributed by atoms with Crippen molar-refractivity contribution in [2.45, 2.75) is 110 Å². The average Bonchev–Trinajstić information content (AvgIpc) is 1.52. The molecule has 1 aliphatic carbocycles. The summed E-state index contributed by atoms with van der Waals surface area (Å²) in [6.45, 7) is 28.3. The maximum Gasteiger partial charge on any atom is 0.137 e. The fourth-order valence-corrected chi connectivity index (χ4v) is 13.8. The van der Waals surface area contributed by atoms with E-state index in [-0.39, 0.29) is 21.7 Å². The fourth-order valence-electron chi connectivity index (χ4n) is 13.8. The van der Waals surface area contributed by atoms with Gasteiger partial charge in [-0.15, -0.1) is 0 Å². The average molecular weight is 1150 g/mol. The first-order chi connectivity index (χ1) is 42.1. The first kappa shape index (κ1) is 56.4. The highest BCUT2D eigenvalue weighted by atomic mass is 16.5. The van der Waals surface area contributed by atoms with Gasteiger partial charge in [0.1, 0.15) is 24.0 Å². The third kappa shape index (κ3) is 9.58. The summed E-state index contributed by atoms with van der Waals surface area (Å²) in [5.41, 5.74) is 23.3. The molecule has 12 aromatic rings. The zero-order valence-corrected chi connectivity index (χ0v) is 53.0. The van der Waals surface area contributed by atoms with E-state index in [1.54, 1.807) is 0 Å². The van der Waals surface area contributed by atoms with E-state index in [2.05, 4.69) is 334 Å². The lowest BCUT2D eigenvalue weighted by atomic mass is 9.66. The molecule has 88 heavy (non-hydrogen) atoms. The van der Waals surface area contributed by atoms with Gasteiger partial charge in [0, 0.05) is 45.9 Å². The number of anilines is 4. The Balaban J connectivity index is 0.941. The molecule has 3 heterocycles. The molecule has 0 N–H and O–H groups in total. The van der Waals surface area contributed by atoms with Gasteiger partial charge < -0.3 is 14.5 Å². The number of ether oxygens (including phenoxy) is 1. The van der Waals surface area contributed by atoms with Gasteiger partial charge >= 0.3 is 0 Å². The molecule has 1 aliphatic heterocycles. The van der Waals surface area contributed by atoms with Crippen LogP contribution in [0.4, 0.5) is 22.7 Å². The SMILES string of the molecule is CC(C)(C)c1ccc(C2(c3cc(-c4ccccc4)c(N4CN(c5cccc(Oc6ccc7c8ccccc8n(-c8cc(C(C)(C)C)ccn8)c7c6)c5)c5ccccc54)c(-c4ccccc4)c3)c3ccc(C(C)(C)C)cc3-c3cc(C(C)(C)C)ccc32)cc1. The van der Waals surface area contributed by atoms with Crippen LogP contribution in [-0.4, -0.2) is 16.2 Å². The van der Waals surface area contributed by atoms with E-state index in [1.807, 2.05) is 6.20 Å². The highest BCUT2D eigenvalue weighted by Crippen LogP contribution is 2.60. The molecule has 2 aromatic heterocycles. The van der Waals surface area contributed by atoms with Crippen molar-refractivity contribution >= 4 is 44.6 Å². The van der Waals surface area contributed by atoms with Crippen molar-refractivity contribution in [3.05, 3.63) is 287 Å². The number of rotatable bonds is 9. The number of hydrogen-bond acceptors (Lipinski definition) is 4. The lowest BCUT2D eigenvalue weighted by molar-refractivity contribution is 0.483. The predicted molar refractivity (Wildman–Crippen MR) is 370 cm³/mol. The largest absolute Gasteiger partial charge is 0.457 e. The number of fused-ring (bicyclic) bond motifs is 7. The minimum Gasteiger partial charge on any atom is -0.457 e. The normalized spacial score (nSPS) is 13.9. The van der Waals surface area contributed by atoms with Gasteiger partial charge in [0.15, 0.2) is 0 Å². The quantitative estimate of drug-likeness (QED) is 0.144. The molecule has 0 bridgehead atoms. The van der Waals surface area contributed by atoms with E-state index in [1.165, 1.54) is 61.0 Å². The van der Waals surface area contributed by atoms with Gasteiger partial charge in [0.25, 0.3) is 0 Å². The highest BCUT2D eigenvalue weighted by Gasteiger charge is 2.48. The minimum absolute atomic E-state index is 0.0203. The molecule has 5 heteroatoms. The number of benzene rings is 10. The molecule has 0 saturated carbocycles. The number of para-hydroxylation sites is 3. The first-order valence-corrected chi connectivity index (χ1v) is 31.3. The van der Waals surface area contributed by atoms with Gasteiger partial charge in [0.2, 0.25) is 0 Å². The van der Waals surface area contributed by atoms with Gasteiger partial charge in [-0.1, -0.05) is 241 Å². The van der Waals surface area contributed by atoms with E-state index in [0.717, 1.165) is 78.7 Å². The van der Waals surface area contributed by atoms with E-state index in [0.29, 0.717) is 6.67 Å². The van der Waals surface area contributed by atoms with Crippen molar-refractivity contribution in [3.8, 4) is 50.7 Å². The zero-order chi connectivity index (χ0) is 61.1. The molecule has 0 saturated heterocycles. The van der Waals surface area contributed by atoms with E-state index in [4.69, 9.17) is 9.72 Å². The Labute approximate surface area is 520 Å². The Hall–Kier alpha value is -9.45. The summed E-state index contributed by atoms with van der Waals surface area (Å²) >= 11 is 0. The molecule has 10 aromatic carbocycles. The lowest BCUT2D eigenvalue weighted by Crippen LogP contribution is -2.30. The molecule has 0 unspecified atom stereocenters. The maximum atomic E-state index is 6.96. The molecule has 14 rings (SSSR count). The van der Waals surface area contributed by atoms with Crippen LogP contribution in [0.15, 0.2) is 243 Å². The van der Waals surface area contributed by atoms with Crippen LogP contribution in [0.2, 0.25) is 0 Å². The second kappa shape index (κ2) is 20.9. The summed E-state index contributed by atoms with van der Waals surface area (Å²) in [6.07, 6.45) is 1.93. The van der Waals surface area contributed by atoms with Crippen LogP contribution in [0.5, 0.6) is 11.5 Å². The van der Waals surface area contributed by atoms with Crippen LogP contribution in [0.3, 0.4) is 0 Å². The Morgan fingerprint density at radius 3 is 1.48 bits per heavy atom.